The summed E-state index contributed by atoms with van der Waals surface area (Å²) < 4.78 is 27.3. The monoisotopic (exact) mass is 251 g/mol. The summed E-state index contributed by atoms with van der Waals surface area (Å²) in [5.41, 5.74) is 0. The number of hydrogen-bond acceptors (Lipinski definition) is 4. The Bertz CT molecular complexity index is 273. The van der Waals surface area contributed by atoms with Gasteiger partial charge in [0.1, 0.15) is 0 Å². The molecule has 0 heterocycles. The van der Waals surface area contributed by atoms with Gasteiger partial charge in [-0.15, -0.1) is 0 Å². The van der Waals surface area contributed by atoms with E-state index >= 15 is 0 Å². The topological polar surface area (TPSA) is 55.4 Å². The first-order valence-electron chi connectivity index (χ1n) is 5.79. The maximum Gasteiger partial charge on any atom is 0.153 e. The van der Waals surface area contributed by atoms with Crippen LogP contribution < -0.4 is 5.32 Å². The summed E-state index contributed by atoms with van der Waals surface area (Å²) in [6.45, 7) is 8.35. The smallest absolute Gasteiger partial charge is 0.153 e. The van der Waals surface area contributed by atoms with E-state index in [2.05, 4.69) is 5.32 Å². The molecular weight excluding hydrogens is 226 g/mol. The number of unbranched alkanes of at least 4 members (excludes halogenated alkanes) is 1. The molecule has 0 aromatic rings. The van der Waals surface area contributed by atoms with Gasteiger partial charge in [-0.25, -0.2) is 8.42 Å². The summed E-state index contributed by atoms with van der Waals surface area (Å²) in [6.07, 6.45) is 3.31. The lowest BCUT2D eigenvalue weighted by Gasteiger charge is -2.22. The zero-order valence-electron chi connectivity index (χ0n) is 10.9. The Morgan fingerprint density at radius 2 is 1.88 bits per heavy atom. The molecule has 0 spiro atoms. The minimum atomic E-state index is -2.99. The van der Waals surface area contributed by atoms with Crippen LogP contribution in [0.25, 0.3) is 0 Å². The van der Waals surface area contributed by atoms with E-state index in [9.17, 15) is 8.42 Å². The predicted molar refractivity (Wildman–Crippen MR) is 67.5 cm³/mol. The highest BCUT2D eigenvalue weighted by Gasteiger charge is 2.29. The lowest BCUT2D eigenvalue weighted by Crippen LogP contribution is -2.41. The van der Waals surface area contributed by atoms with Gasteiger partial charge in [0.2, 0.25) is 0 Å². The number of rotatable bonds is 9. The summed E-state index contributed by atoms with van der Waals surface area (Å²) in [4.78, 5) is 0. The fourth-order valence-electron chi connectivity index (χ4n) is 1.12. The van der Waals surface area contributed by atoms with Crippen molar-refractivity contribution in [2.24, 2.45) is 0 Å². The van der Waals surface area contributed by atoms with Crippen LogP contribution in [-0.4, -0.2) is 45.7 Å². The highest BCUT2D eigenvalue weighted by atomic mass is 32.2. The van der Waals surface area contributed by atoms with E-state index < -0.39 is 14.6 Å². The van der Waals surface area contributed by atoms with Crippen molar-refractivity contribution in [2.75, 3.05) is 32.6 Å². The molecular formula is C11H25NO3S. The molecule has 0 radical (unpaired) electrons. The molecule has 0 atom stereocenters. The first-order valence-corrected chi connectivity index (χ1v) is 7.68. The molecule has 0 aliphatic heterocycles. The SMILES string of the molecule is CCOCCCCNCC(C)(C)S(C)(=O)=O. The Kier molecular flexibility index (Phi) is 7.19. The fraction of sp³-hybridized carbons (Fsp3) is 1.00. The molecule has 0 saturated carbocycles. The zero-order chi connectivity index (χ0) is 12.7. The number of hydrogen-bond donors (Lipinski definition) is 1. The summed E-state index contributed by atoms with van der Waals surface area (Å²) in [7, 11) is -2.99. The van der Waals surface area contributed by atoms with Crippen molar-refractivity contribution < 1.29 is 13.2 Å². The van der Waals surface area contributed by atoms with Gasteiger partial charge in [0.05, 0.1) is 4.75 Å². The van der Waals surface area contributed by atoms with E-state index in [1.165, 1.54) is 6.26 Å². The normalized spacial score (nSPS) is 13.0. The van der Waals surface area contributed by atoms with Crippen LogP contribution >= 0.6 is 0 Å². The number of ether oxygens (including phenoxy) is 1. The molecule has 98 valence electrons. The van der Waals surface area contributed by atoms with Crippen molar-refractivity contribution in [1.29, 1.82) is 0 Å². The predicted octanol–water partition coefficient (Wildman–Crippen LogP) is 1.22. The first-order chi connectivity index (χ1) is 7.31. The molecule has 1 N–H and O–H groups in total. The minimum absolute atomic E-state index is 0.500. The Morgan fingerprint density at radius 3 is 2.38 bits per heavy atom. The first kappa shape index (κ1) is 15.9. The molecule has 16 heavy (non-hydrogen) atoms. The summed E-state index contributed by atoms with van der Waals surface area (Å²) in [5.74, 6) is 0. The van der Waals surface area contributed by atoms with Crippen LogP contribution in [0.4, 0.5) is 0 Å². The Labute approximate surface area is 99.7 Å². The van der Waals surface area contributed by atoms with Gasteiger partial charge in [-0.05, 0) is 40.2 Å². The molecule has 5 heteroatoms. The third-order valence-corrected chi connectivity index (χ3v) is 4.80. The minimum Gasteiger partial charge on any atom is -0.382 e. The fourth-order valence-corrected chi connectivity index (χ4v) is 1.48. The number of nitrogens with one attached hydrogen (secondary N) is 1. The van der Waals surface area contributed by atoms with Crippen molar-refractivity contribution >= 4 is 9.84 Å². The van der Waals surface area contributed by atoms with Gasteiger partial charge in [0.15, 0.2) is 9.84 Å². The van der Waals surface area contributed by atoms with Gasteiger partial charge in [-0.3, -0.25) is 0 Å². The molecule has 0 fully saturated rings. The Morgan fingerprint density at radius 1 is 1.25 bits per heavy atom. The quantitative estimate of drug-likeness (QED) is 0.626. The largest absolute Gasteiger partial charge is 0.382 e. The second-order valence-electron chi connectivity index (χ2n) is 4.61. The molecule has 0 aliphatic carbocycles. The molecule has 0 rings (SSSR count). The van der Waals surface area contributed by atoms with E-state index in [4.69, 9.17) is 4.74 Å². The molecule has 0 unspecified atom stereocenters. The van der Waals surface area contributed by atoms with E-state index in [0.29, 0.717) is 6.54 Å². The van der Waals surface area contributed by atoms with Crippen LogP contribution in [0.1, 0.15) is 33.6 Å². The molecule has 0 aliphatic rings. The Balaban J connectivity index is 3.59. The number of sulfone groups is 1. The van der Waals surface area contributed by atoms with Crippen LogP contribution in [0, 0.1) is 0 Å². The van der Waals surface area contributed by atoms with Gasteiger partial charge >= 0.3 is 0 Å². The van der Waals surface area contributed by atoms with E-state index in [-0.39, 0.29) is 0 Å². The third kappa shape index (κ3) is 6.45. The lowest BCUT2D eigenvalue weighted by molar-refractivity contribution is 0.143. The third-order valence-electron chi connectivity index (χ3n) is 2.65. The van der Waals surface area contributed by atoms with E-state index in [0.717, 1.165) is 32.6 Å². The van der Waals surface area contributed by atoms with Gasteiger partial charge < -0.3 is 10.1 Å². The van der Waals surface area contributed by atoms with Crippen LogP contribution in [0.15, 0.2) is 0 Å². The van der Waals surface area contributed by atoms with Gasteiger partial charge in [-0.1, -0.05) is 0 Å². The molecule has 0 amide bonds. The van der Waals surface area contributed by atoms with Crippen LogP contribution in [0.2, 0.25) is 0 Å². The van der Waals surface area contributed by atoms with Gasteiger partial charge in [-0.2, -0.15) is 0 Å². The molecule has 0 bridgehead atoms. The van der Waals surface area contributed by atoms with Crippen molar-refractivity contribution in [2.45, 2.75) is 38.4 Å². The van der Waals surface area contributed by atoms with Gasteiger partial charge in [0.25, 0.3) is 0 Å². The van der Waals surface area contributed by atoms with E-state index in [1.807, 2.05) is 6.92 Å². The molecule has 0 aromatic carbocycles. The standard InChI is InChI=1S/C11H25NO3S/c1-5-15-9-7-6-8-12-10-11(2,3)16(4,13)14/h12H,5-10H2,1-4H3. The maximum atomic E-state index is 11.4. The Hall–Kier alpha value is -0.130. The molecule has 0 aromatic heterocycles. The van der Waals surface area contributed by atoms with Crippen LogP contribution in [0.5, 0.6) is 0 Å². The summed E-state index contributed by atoms with van der Waals surface area (Å²) in [5, 5.41) is 3.17. The zero-order valence-corrected chi connectivity index (χ0v) is 11.7. The summed E-state index contributed by atoms with van der Waals surface area (Å²) in [6, 6.07) is 0. The van der Waals surface area contributed by atoms with Gasteiger partial charge in [0, 0.05) is 26.0 Å². The highest BCUT2D eigenvalue weighted by molar-refractivity contribution is 7.92. The van der Waals surface area contributed by atoms with Crippen molar-refractivity contribution in [3.63, 3.8) is 0 Å². The summed E-state index contributed by atoms with van der Waals surface area (Å²) >= 11 is 0. The van der Waals surface area contributed by atoms with Crippen LogP contribution in [-0.2, 0) is 14.6 Å². The highest BCUT2D eigenvalue weighted by Crippen LogP contribution is 2.13. The van der Waals surface area contributed by atoms with Crippen molar-refractivity contribution in [3.8, 4) is 0 Å². The van der Waals surface area contributed by atoms with E-state index in [1.54, 1.807) is 13.8 Å². The van der Waals surface area contributed by atoms with Crippen molar-refractivity contribution in [3.05, 3.63) is 0 Å². The van der Waals surface area contributed by atoms with Crippen molar-refractivity contribution in [1.82, 2.24) is 5.32 Å². The second kappa shape index (κ2) is 7.25. The average molecular weight is 251 g/mol. The molecule has 4 nitrogen and oxygen atoms in total. The second-order valence-corrected chi connectivity index (χ2v) is 7.26. The lowest BCUT2D eigenvalue weighted by atomic mass is 10.2. The maximum absolute atomic E-state index is 11.4. The average Bonchev–Trinajstić information content (AvgIpc) is 2.14. The molecule has 0 saturated heterocycles. The van der Waals surface area contributed by atoms with Crippen LogP contribution in [0.3, 0.4) is 0 Å².